The lowest BCUT2D eigenvalue weighted by Crippen LogP contribution is -2.52. The zero-order valence-electron chi connectivity index (χ0n) is 12.3. The second-order valence-electron chi connectivity index (χ2n) is 5.15. The molecule has 0 saturated carbocycles. The van der Waals surface area contributed by atoms with Gasteiger partial charge in [0.05, 0.1) is 5.69 Å². The molecule has 2 rings (SSSR count). The summed E-state index contributed by atoms with van der Waals surface area (Å²) in [7, 11) is 0.371. The molecule has 0 aromatic heterocycles. The van der Waals surface area contributed by atoms with Crippen LogP contribution in [0.1, 0.15) is 13.3 Å². The van der Waals surface area contributed by atoms with Crippen LogP contribution in [0.2, 0.25) is 0 Å². The van der Waals surface area contributed by atoms with Gasteiger partial charge >= 0.3 is 0 Å². The van der Waals surface area contributed by atoms with Crippen molar-refractivity contribution in [2.75, 3.05) is 39.0 Å². The Balaban J connectivity index is 2.31. The van der Waals surface area contributed by atoms with Crippen molar-refractivity contribution in [3.05, 3.63) is 24.3 Å². The molecule has 0 spiro atoms. The lowest BCUT2D eigenvalue weighted by molar-refractivity contribution is 0.144. The van der Waals surface area contributed by atoms with Gasteiger partial charge in [-0.25, -0.2) is 8.42 Å². The third kappa shape index (κ3) is 2.82. The molecule has 1 N–H and O–H groups in total. The Labute approximate surface area is 121 Å². The average Bonchev–Trinajstić information content (AvgIpc) is 2.47. The van der Waals surface area contributed by atoms with Crippen molar-refractivity contribution in [2.45, 2.75) is 24.3 Å². The van der Waals surface area contributed by atoms with E-state index in [1.165, 1.54) is 0 Å². The molecule has 1 saturated heterocycles. The highest BCUT2D eigenvalue weighted by Gasteiger charge is 2.32. The van der Waals surface area contributed by atoms with E-state index in [-0.39, 0.29) is 0 Å². The van der Waals surface area contributed by atoms with Crippen molar-refractivity contribution in [3.8, 4) is 0 Å². The molecule has 1 aromatic carbocycles. The van der Waals surface area contributed by atoms with Gasteiger partial charge < -0.3 is 10.2 Å². The standard InChI is InChI=1S/C14H23N3O2S/c1-4-12-11-17(10-9-16(12)3)20(18,19)14-8-6-5-7-13(14)15-2/h5-8,12,15H,4,9-11H2,1-3H3. The minimum absolute atomic E-state index is 0.292. The van der Waals surface area contributed by atoms with E-state index in [0.29, 0.717) is 29.7 Å². The number of likely N-dealkylation sites (N-methyl/N-ethyl adjacent to an activating group) is 1. The number of piperazine rings is 1. The van der Waals surface area contributed by atoms with Crippen molar-refractivity contribution < 1.29 is 8.42 Å². The molecule has 1 aromatic rings. The molecule has 5 nitrogen and oxygen atoms in total. The summed E-state index contributed by atoms with van der Waals surface area (Å²) in [5, 5.41) is 2.96. The third-order valence-corrected chi connectivity index (χ3v) is 5.91. The molecule has 1 unspecified atom stereocenters. The Hall–Kier alpha value is -1.11. The Morgan fingerprint density at radius 1 is 1.30 bits per heavy atom. The van der Waals surface area contributed by atoms with Crippen LogP contribution >= 0.6 is 0 Å². The molecule has 0 amide bonds. The van der Waals surface area contributed by atoms with E-state index in [1.54, 1.807) is 29.6 Å². The monoisotopic (exact) mass is 297 g/mol. The zero-order valence-corrected chi connectivity index (χ0v) is 13.2. The van der Waals surface area contributed by atoms with Crippen LogP contribution in [0.25, 0.3) is 0 Å². The van der Waals surface area contributed by atoms with Crippen LogP contribution in [0.15, 0.2) is 29.2 Å². The van der Waals surface area contributed by atoms with E-state index in [1.807, 2.05) is 6.07 Å². The molecule has 6 heteroatoms. The molecule has 0 bridgehead atoms. The maximum atomic E-state index is 12.8. The van der Waals surface area contributed by atoms with Crippen molar-refractivity contribution in [1.82, 2.24) is 9.21 Å². The van der Waals surface area contributed by atoms with Gasteiger partial charge in [0.1, 0.15) is 4.90 Å². The zero-order chi connectivity index (χ0) is 14.8. The molecule has 1 aliphatic heterocycles. The molecule has 1 aliphatic rings. The van der Waals surface area contributed by atoms with E-state index < -0.39 is 10.0 Å². The molecule has 1 fully saturated rings. The molecule has 20 heavy (non-hydrogen) atoms. The number of sulfonamides is 1. The van der Waals surface area contributed by atoms with Gasteiger partial charge in [-0.15, -0.1) is 0 Å². The number of rotatable bonds is 4. The maximum absolute atomic E-state index is 12.8. The highest BCUT2D eigenvalue weighted by Crippen LogP contribution is 2.26. The van der Waals surface area contributed by atoms with Crippen LogP contribution in [0, 0.1) is 0 Å². The van der Waals surface area contributed by atoms with Crippen molar-refractivity contribution in [3.63, 3.8) is 0 Å². The number of nitrogens with zero attached hydrogens (tertiary/aromatic N) is 2. The van der Waals surface area contributed by atoms with Crippen LogP contribution in [0.4, 0.5) is 5.69 Å². The summed E-state index contributed by atoms with van der Waals surface area (Å²) in [5.74, 6) is 0. The SMILES string of the molecule is CCC1CN(S(=O)(=O)c2ccccc2NC)CCN1C. The van der Waals surface area contributed by atoms with Gasteiger partial charge in [0.15, 0.2) is 0 Å². The van der Waals surface area contributed by atoms with Gasteiger partial charge in [-0.05, 0) is 25.6 Å². The number of benzene rings is 1. The van der Waals surface area contributed by atoms with Gasteiger partial charge in [0.25, 0.3) is 0 Å². The lowest BCUT2D eigenvalue weighted by atomic mass is 10.1. The van der Waals surface area contributed by atoms with Crippen LogP contribution in [0.3, 0.4) is 0 Å². The highest BCUT2D eigenvalue weighted by molar-refractivity contribution is 7.89. The van der Waals surface area contributed by atoms with Crippen molar-refractivity contribution >= 4 is 15.7 Å². The minimum Gasteiger partial charge on any atom is -0.387 e. The van der Waals surface area contributed by atoms with Crippen molar-refractivity contribution in [2.24, 2.45) is 0 Å². The first-order chi connectivity index (χ1) is 9.50. The molecule has 112 valence electrons. The Bertz CT molecular complexity index is 559. The van der Waals surface area contributed by atoms with Gasteiger partial charge in [-0.2, -0.15) is 4.31 Å². The largest absolute Gasteiger partial charge is 0.387 e. The summed E-state index contributed by atoms with van der Waals surface area (Å²) in [6.45, 7) is 3.99. The molecular formula is C14H23N3O2S. The molecule has 0 aliphatic carbocycles. The molecule has 1 atom stereocenters. The molecular weight excluding hydrogens is 274 g/mol. The van der Waals surface area contributed by atoms with E-state index in [0.717, 1.165) is 13.0 Å². The van der Waals surface area contributed by atoms with E-state index >= 15 is 0 Å². The van der Waals surface area contributed by atoms with Crippen LogP contribution in [-0.2, 0) is 10.0 Å². The predicted molar refractivity (Wildman–Crippen MR) is 81.5 cm³/mol. The van der Waals surface area contributed by atoms with Gasteiger partial charge in [-0.1, -0.05) is 19.1 Å². The summed E-state index contributed by atoms with van der Waals surface area (Å²) < 4.78 is 27.2. The van der Waals surface area contributed by atoms with E-state index in [2.05, 4.69) is 24.2 Å². The summed E-state index contributed by atoms with van der Waals surface area (Å²) in [5.41, 5.74) is 0.652. The normalized spacial score (nSPS) is 21.9. The third-order valence-electron chi connectivity index (χ3n) is 3.99. The van der Waals surface area contributed by atoms with Gasteiger partial charge in [-0.3, -0.25) is 0 Å². The number of hydrogen-bond donors (Lipinski definition) is 1. The lowest BCUT2D eigenvalue weighted by Gasteiger charge is -2.38. The first-order valence-corrected chi connectivity index (χ1v) is 8.42. The van der Waals surface area contributed by atoms with Gasteiger partial charge in [0.2, 0.25) is 10.0 Å². The fourth-order valence-electron chi connectivity index (χ4n) is 2.61. The molecule has 0 radical (unpaired) electrons. The van der Waals surface area contributed by atoms with E-state index in [9.17, 15) is 8.42 Å². The van der Waals surface area contributed by atoms with Crippen molar-refractivity contribution in [1.29, 1.82) is 0 Å². The molecule has 1 heterocycles. The fraction of sp³-hybridized carbons (Fsp3) is 0.571. The second kappa shape index (κ2) is 6.11. The van der Waals surface area contributed by atoms with E-state index in [4.69, 9.17) is 0 Å². The number of para-hydroxylation sites is 1. The summed E-state index contributed by atoms with van der Waals surface area (Å²) in [6.07, 6.45) is 0.955. The first kappa shape index (κ1) is 15.3. The number of hydrogen-bond acceptors (Lipinski definition) is 4. The summed E-state index contributed by atoms with van der Waals surface area (Å²) >= 11 is 0. The summed E-state index contributed by atoms with van der Waals surface area (Å²) in [6, 6.07) is 7.35. The fourth-order valence-corrected chi connectivity index (χ4v) is 4.28. The summed E-state index contributed by atoms with van der Waals surface area (Å²) in [4.78, 5) is 2.60. The smallest absolute Gasteiger partial charge is 0.245 e. The average molecular weight is 297 g/mol. The van der Waals surface area contributed by atoms with Gasteiger partial charge in [0, 0.05) is 32.7 Å². The first-order valence-electron chi connectivity index (χ1n) is 6.98. The number of nitrogens with one attached hydrogen (secondary N) is 1. The topological polar surface area (TPSA) is 52.7 Å². The quantitative estimate of drug-likeness (QED) is 0.914. The second-order valence-corrected chi connectivity index (χ2v) is 7.06. The Morgan fingerprint density at radius 3 is 2.65 bits per heavy atom. The maximum Gasteiger partial charge on any atom is 0.245 e. The predicted octanol–water partition coefficient (Wildman–Crippen LogP) is 1.44. The van der Waals surface area contributed by atoms with Crippen LogP contribution < -0.4 is 5.32 Å². The van der Waals surface area contributed by atoms with Crippen LogP contribution in [0.5, 0.6) is 0 Å². The minimum atomic E-state index is -3.43. The Morgan fingerprint density at radius 2 is 2.00 bits per heavy atom. The Kier molecular flexibility index (Phi) is 4.67. The number of anilines is 1. The highest BCUT2D eigenvalue weighted by atomic mass is 32.2. The van der Waals surface area contributed by atoms with Crippen LogP contribution in [-0.4, -0.2) is 57.4 Å².